The van der Waals surface area contributed by atoms with Crippen LogP contribution in [0.2, 0.25) is 0 Å². The van der Waals surface area contributed by atoms with Crippen LogP contribution >= 0.6 is 11.9 Å². The van der Waals surface area contributed by atoms with Gasteiger partial charge in [-0.25, -0.2) is 8.78 Å². The summed E-state index contributed by atoms with van der Waals surface area (Å²) in [6.45, 7) is 3.30. The van der Waals surface area contributed by atoms with E-state index in [1.807, 2.05) is 19.2 Å². The molecule has 0 saturated heterocycles. The molecular weight excluding hydrogens is 482 g/mol. The summed E-state index contributed by atoms with van der Waals surface area (Å²) in [6, 6.07) is 6.77. The predicted molar refractivity (Wildman–Crippen MR) is 141 cm³/mol. The Balaban J connectivity index is 1.45. The van der Waals surface area contributed by atoms with Gasteiger partial charge in [0.25, 0.3) is 5.91 Å². The number of aryl methyl sites for hydroxylation is 2. The lowest BCUT2D eigenvalue weighted by atomic mass is 9.99. The normalized spacial score (nSPS) is 17.2. The summed E-state index contributed by atoms with van der Waals surface area (Å²) in [4.78, 5) is 13.5. The molecule has 0 radical (unpaired) electrons. The zero-order valence-corrected chi connectivity index (χ0v) is 21.4. The fourth-order valence-electron chi connectivity index (χ4n) is 4.90. The van der Waals surface area contributed by atoms with Crippen molar-refractivity contribution >= 4 is 34.4 Å². The van der Waals surface area contributed by atoms with Gasteiger partial charge in [-0.3, -0.25) is 4.79 Å². The highest BCUT2D eigenvalue weighted by atomic mass is 32.2. The molecule has 3 N–H and O–H groups in total. The van der Waals surface area contributed by atoms with Crippen molar-refractivity contribution in [2.75, 3.05) is 23.7 Å². The van der Waals surface area contributed by atoms with E-state index in [0.717, 1.165) is 54.2 Å². The van der Waals surface area contributed by atoms with Crippen LogP contribution in [0.25, 0.3) is 10.9 Å². The van der Waals surface area contributed by atoms with Crippen molar-refractivity contribution in [1.82, 2.24) is 15.2 Å². The molecule has 0 bridgehead atoms. The van der Waals surface area contributed by atoms with Crippen LogP contribution in [0.15, 0.2) is 36.5 Å². The lowest BCUT2D eigenvalue weighted by Crippen LogP contribution is -2.49. The molecule has 0 spiro atoms. The molecule has 9 heteroatoms. The quantitative estimate of drug-likeness (QED) is 0.376. The Bertz CT molecular complexity index is 1260. The molecule has 1 aliphatic heterocycles. The number of aliphatic hydroxyl groups is 1. The minimum absolute atomic E-state index is 0.107. The molecule has 192 valence electrons. The van der Waals surface area contributed by atoms with Gasteiger partial charge in [-0.15, -0.1) is 0 Å². The van der Waals surface area contributed by atoms with E-state index in [-0.39, 0.29) is 12.3 Å². The summed E-state index contributed by atoms with van der Waals surface area (Å²) in [6.07, 6.45) is 4.33. The van der Waals surface area contributed by atoms with Gasteiger partial charge in [-0.2, -0.15) is 0 Å². The second-order valence-electron chi connectivity index (χ2n) is 9.74. The number of anilines is 1. The van der Waals surface area contributed by atoms with Crippen molar-refractivity contribution in [2.24, 2.45) is 0 Å². The van der Waals surface area contributed by atoms with Gasteiger partial charge in [-0.1, -0.05) is 6.92 Å². The molecule has 0 unspecified atom stereocenters. The Kier molecular flexibility index (Phi) is 7.23. The zero-order valence-electron chi connectivity index (χ0n) is 20.6. The van der Waals surface area contributed by atoms with Crippen LogP contribution in [0.1, 0.15) is 41.3 Å². The number of nitrogens with one attached hydrogen (secondary N) is 2. The highest BCUT2D eigenvalue weighted by molar-refractivity contribution is 8.00. The van der Waals surface area contributed by atoms with Gasteiger partial charge < -0.3 is 24.6 Å². The number of aromatic nitrogens is 1. The van der Waals surface area contributed by atoms with E-state index in [1.165, 1.54) is 17.7 Å². The van der Waals surface area contributed by atoms with Crippen LogP contribution in [-0.2, 0) is 19.4 Å². The number of aliphatic hydroxyl groups excluding tert-OH is 1. The van der Waals surface area contributed by atoms with E-state index in [1.54, 1.807) is 11.9 Å². The lowest BCUT2D eigenvalue weighted by Gasteiger charge is -2.25. The second-order valence-corrected chi connectivity index (χ2v) is 10.9. The van der Waals surface area contributed by atoms with Gasteiger partial charge in [0.2, 0.25) is 0 Å². The monoisotopic (exact) mass is 514 g/mol. The van der Waals surface area contributed by atoms with E-state index in [4.69, 9.17) is 0 Å². The minimum atomic E-state index is -0.920. The number of hydrogen-bond donors (Lipinski definition) is 3. The number of benzene rings is 2. The number of hydrogen-bond acceptors (Lipinski definition) is 5. The lowest BCUT2D eigenvalue weighted by molar-refractivity contribution is 0.0830. The van der Waals surface area contributed by atoms with Crippen LogP contribution in [0.4, 0.5) is 14.5 Å². The fraction of sp³-hybridized carbons (Fsp3) is 0.444. The molecule has 2 atom stereocenters. The maximum atomic E-state index is 13.8. The summed E-state index contributed by atoms with van der Waals surface area (Å²) in [5, 5.41) is 18.2. The first-order chi connectivity index (χ1) is 17.3. The maximum absolute atomic E-state index is 13.8. The van der Waals surface area contributed by atoms with Crippen LogP contribution in [0.5, 0.6) is 0 Å². The zero-order chi connectivity index (χ0) is 25.4. The largest absolute Gasteiger partial charge is 0.390 e. The average molecular weight is 515 g/mol. The molecule has 6 nitrogen and oxygen atoms in total. The first kappa shape index (κ1) is 25.0. The van der Waals surface area contributed by atoms with E-state index in [0.29, 0.717) is 23.7 Å². The van der Waals surface area contributed by atoms with Crippen LogP contribution in [-0.4, -0.2) is 53.1 Å². The van der Waals surface area contributed by atoms with Crippen molar-refractivity contribution in [3.63, 3.8) is 0 Å². The van der Waals surface area contributed by atoms with Crippen molar-refractivity contribution in [2.45, 2.75) is 57.3 Å². The number of amides is 1. The Hall–Kier alpha value is -2.62. The number of rotatable bonds is 9. The van der Waals surface area contributed by atoms with Crippen LogP contribution in [0, 0.1) is 11.6 Å². The second kappa shape index (κ2) is 10.4. The molecule has 1 aromatic heterocycles. The standard InChI is InChI=1S/C27H32F2N4O2S/c1-3-17-15-33-6-7-36-32(2)24-12-18(11-22(17)26(24)33)27(35)31-23(25(34)14-30-21-4-5-21)10-16-8-19(28)13-20(29)9-16/h8-9,11-13,15,21,23,25,30,34H,3-7,10,14H2,1-2H3,(H,31,35)/t23-,25+/m0/s1. The summed E-state index contributed by atoms with van der Waals surface area (Å²) < 4.78 is 32.0. The third-order valence-corrected chi connectivity index (χ3v) is 7.94. The molecule has 1 amide bonds. The third-order valence-electron chi connectivity index (χ3n) is 6.99. The van der Waals surface area contributed by atoms with Gasteiger partial charge in [0.1, 0.15) is 11.6 Å². The molecule has 1 saturated carbocycles. The first-order valence-electron chi connectivity index (χ1n) is 12.5. The molecule has 2 heterocycles. The third kappa shape index (κ3) is 5.38. The summed E-state index contributed by atoms with van der Waals surface area (Å²) in [5.41, 5.74) is 4.15. The smallest absolute Gasteiger partial charge is 0.251 e. The maximum Gasteiger partial charge on any atom is 0.251 e. The van der Waals surface area contributed by atoms with Crippen molar-refractivity contribution in [3.05, 3.63) is 64.9 Å². The van der Waals surface area contributed by atoms with Crippen molar-refractivity contribution in [1.29, 1.82) is 0 Å². The van der Waals surface area contributed by atoms with Crippen molar-refractivity contribution < 1.29 is 18.7 Å². The number of carbonyl (C=O) groups excluding carboxylic acids is 1. The topological polar surface area (TPSA) is 69.5 Å². The molecule has 36 heavy (non-hydrogen) atoms. The number of halogens is 2. The molecule has 2 aliphatic rings. The minimum Gasteiger partial charge on any atom is -0.390 e. The molecule has 1 aliphatic carbocycles. The predicted octanol–water partition coefficient (Wildman–Crippen LogP) is 4.03. The van der Waals surface area contributed by atoms with Crippen LogP contribution < -0.4 is 14.9 Å². The molecule has 2 aromatic carbocycles. The van der Waals surface area contributed by atoms with Crippen LogP contribution in [0.3, 0.4) is 0 Å². The SMILES string of the molecule is CCc1cn2c3c(cc(C(=O)N[C@@H](Cc4cc(F)cc(F)c4)[C@H](O)CNC4CC4)cc13)N(C)SCC2. The summed E-state index contributed by atoms with van der Waals surface area (Å²) in [5.74, 6) is -0.749. The average Bonchev–Trinajstić information content (AvgIpc) is 3.62. The van der Waals surface area contributed by atoms with Gasteiger partial charge in [0.15, 0.2) is 0 Å². The summed E-state index contributed by atoms with van der Waals surface area (Å²) in [7, 11) is 2.00. The first-order valence-corrected chi connectivity index (χ1v) is 13.5. The van der Waals surface area contributed by atoms with E-state index >= 15 is 0 Å². The van der Waals surface area contributed by atoms with E-state index in [2.05, 4.69) is 32.6 Å². The van der Waals surface area contributed by atoms with Gasteiger partial charge in [-0.05, 0) is 73.0 Å². The van der Waals surface area contributed by atoms with E-state index in [9.17, 15) is 18.7 Å². The van der Waals surface area contributed by atoms with Gasteiger partial charge in [0.05, 0.1) is 23.3 Å². The Morgan fingerprint density at radius 2 is 1.94 bits per heavy atom. The van der Waals surface area contributed by atoms with Gasteiger partial charge >= 0.3 is 0 Å². The molecule has 5 rings (SSSR count). The summed E-state index contributed by atoms with van der Waals surface area (Å²) >= 11 is 1.71. The number of carbonyl (C=O) groups is 1. The fourth-order valence-corrected chi connectivity index (χ4v) is 5.73. The highest BCUT2D eigenvalue weighted by Crippen LogP contribution is 2.37. The molecule has 3 aromatic rings. The number of nitrogens with zero attached hydrogens (tertiary/aromatic N) is 2. The highest BCUT2D eigenvalue weighted by Gasteiger charge is 2.28. The Morgan fingerprint density at radius 1 is 1.19 bits per heavy atom. The molecule has 1 fully saturated rings. The van der Waals surface area contributed by atoms with E-state index < -0.39 is 23.8 Å². The molecular formula is C27H32F2N4O2S. The Labute approximate surface area is 214 Å². The van der Waals surface area contributed by atoms with Crippen molar-refractivity contribution in [3.8, 4) is 0 Å². The Morgan fingerprint density at radius 3 is 2.64 bits per heavy atom. The van der Waals surface area contributed by atoms with Gasteiger partial charge in [0, 0.05) is 55.1 Å².